The van der Waals surface area contributed by atoms with Crippen LogP contribution in [0, 0.1) is 0 Å². The number of nitrogens with zero attached hydrogens (tertiary/aromatic N) is 1. The number of rotatable bonds is 12. The van der Waals surface area contributed by atoms with E-state index in [1.807, 2.05) is 43.3 Å². The number of hydrogen-bond acceptors (Lipinski definition) is 7. The number of ether oxygens (including phenoxy) is 3. The molecule has 2 aromatic carbocycles. The second-order valence-electron chi connectivity index (χ2n) is 8.57. The molecule has 0 fully saturated rings. The SMILES string of the molecule is CN(C)c1cccc2c(S(=O)(=O)NCCOCCOCCNC(=O)OC(C)(C)C)cccc12. The normalized spacial score (nSPS) is 12.0. The van der Waals surface area contributed by atoms with E-state index in [4.69, 9.17) is 14.2 Å². The highest BCUT2D eigenvalue weighted by atomic mass is 32.2. The molecule has 0 aliphatic rings. The molecule has 0 radical (unpaired) electrons. The second kappa shape index (κ2) is 12.2. The Kier molecular flexibility index (Phi) is 9.90. The summed E-state index contributed by atoms with van der Waals surface area (Å²) < 4.78 is 44.2. The Hall–Kier alpha value is -2.40. The number of fused-ring (bicyclic) bond motifs is 1. The maximum Gasteiger partial charge on any atom is 0.407 e. The highest BCUT2D eigenvalue weighted by Gasteiger charge is 2.18. The Morgan fingerprint density at radius 1 is 0.909 bits per heavy atom. The molecule has 10 heteroatoms. The van der Waals surface area contributed by atoms with E-state index in [0.29, 0.717) is 31.8 Å². The average molecular weight is 482 g/mol. The molecule has 184 valence electrons. The molecule has 0 bridgehead atoms. The van der Waals surface area contributed by atoms with E-state index >= 15 is 0 Å². The lowest BCUT2D eigenvalue weighted by molar-refractivity contribution is 0.0408. The summed E-state index contributed by atoms with van der Waals surface area (Å²) in [6, 6.07) is 10.9. The maximum atomic E-state index is 12.8. The minimum atomic E-state index is -3.69. The number of anilines is 1. The molecule has 0 aromatic heterocycles. The molecule has 0 aliphatic carbocycles. The summed E-state index contributed by atoms with van der Waals surface area (Å²) in [5.74, 6) is 0. The first kappa shape index (κ1) is 26.8. The highest BCUT2D eigenvalue weighted by molar-refractivity contribution is 7.89. The summed E-state index contributed by atoms with van der Waals surface area (Å²) in [4.78, 5) is 13.7. The average Bonchev–Trinajstić information content (AvgIpc) is 2.72. The summed E-state index contributed by atoms with van der Waals surface area (Å²) in [7, 11) is 0.160. The Labute approximate surface area is 196 Å². The number of nitrogens with one attached hydrogen (secondary N) is 2. The molecule has 2 N–H and O–H groups in total. The third-order valence-corrected chi connectivity index (χ3v) is 5.97. The van der Waals surface area contributed by atoms with Gasteiger partial charge in [-0.05, 0) is 32.9 Å². The predicted molar refractivity (Wildman–Crippen MR) is 129 cm³/mol. The number of hydrogen-bond donors (Lipinski definition) is 2. The molecule has 0 atom stereocenters. The summed E-state index contributed by atoms with van der Waals surface area (Å²) in [6.07, 6.45) is -0.487. The smallest absolute Gasteiger partial charge is 0.407 e. The number of benzene rings is 2. The van der Waals surface area contributed by atoms with E-state index in [9.17, 15) is 13.2 Å². The molecule has 0 unspecified atom stereocenters. The second-order valence-corrected chi connectivity index (χ2v) is 10.3. The molecule has 1 amide bonds. The van der Waals surface area contributed by atoms with Gasteiger partial charge in [0.1, 0.15) is 5.60 Å². The first-order valence-corrected chi connectivity index (χ1v) is 12.3. The summed E-state index contributed by atoms with van der Waals surface area (Å²) >= 11 is 0. The molecule has 2 rings (SSSR count). The Bertz CT molecular complexity index is 1020. The van der Waals surface area contributed by atoms with Crippen LogP contribution in [0.3, 0.4) is 0 Å². The van der Waals surface area contributed by atoms with Gasteiger partial charge in [-0.25, -0.2) is 17.9 Å². The van der Waals surface area contributed by atoms with Gasteiger partial charge >= 0.3 is 6.09 Å². The van der Waals surface area contributed by atoms with E-state index < -0.39 is 21.7 Å². The van der Waals surface area contributed by atoms with Gasteiger partial charge in [-0.1, -0.05) is 24.3 Å². The molecule has 0 spiro atoms. The van der Waals surface area contributed by atoms with E-state index in [1.54, 1.807) is 32.9 Å². The minimum absolute atomic E-state index is 0.145. The number of carbonyl (C=O) groups excluding carboxylic acids is 1. The van der Waals surface area contributed by atoms with Crippen molar-refractivity contribution in [2.24, 2.45) is 0 Å². The van der Waals surface area contributed by atoms with Crippen LogP contribution >= 0.6 is 0 Å². The van der Waals surface area contributed by atoms with Crippen molar-refractivity contribution in [2.45, 2.75) is 31.3 Å². The lowest BCUT2D eigenvalue weighted by Crippen LogP contribution is -2.34. The van der Waals surface area contributed by atoms with Crippen molar-refractivity contribution in [3.63, 3.8) is 0 Å². The fourth-order valence-corrected chi connectivity index (χ4v) is 4.31. The van der Waals surface area contributed by atoms with Gasteiger partial charge in [0.15, 0.2) is 0 Å². The van der Waals surface area contributed by atoms with Gasteiger partial charge in [0.25, 0.3) is 0 Å². The van der Waals surface area contributed by atoms with Crippen LogP contribution in [-0.4, -0.2) is 73.7 Å². The fourth-order valence-electron chi connectivity index (χ4n) is 3.08. The van der Waals surface area contributed by atoms with Crippen molar-refractivity contribution in [1.82, 2.24) is 10.0 Å². The number of alkyl carbamates (subject to hydrolysis) is 1. The van der Waals surface area contributed by atoms with Crippen molar-refractivity contribution in [3.8, 4) is 0 Å². The molecule has 0 heterocycles. The molecular formula is C23H35N3O6S. The van der Waals surface area contributed by atoms with E-state index in [2.05, 4.69) is 10.0 Å². The zero-order valence-corrected chi connectivity index (χ0v) is 20.8. The van der Waals surface area contributed by atoms with Crippen molar-refractivity contribution in [3.05, 3.63) is 36.4 Å². The quantitative estimate of drug-likeness (QED) is 0.449. The van der Waals surface area contributed by atoms with Crippen LogP contribution in [0.15, 0.2) is 41.3 Å². The van der Waals surface area contributed by atoms with Crippen molar-refractivity contribution in [1.29, 1.82) is 0 Å². The van der Waals surface area contributed by atoms with Crippen molar-refractivity contribution >= 4 is 32.6 Å². The van der Waals surface area contributed by atoms with Crippen LogP contribution in [0.1, 0.15) is 20.8 Å². The van der Waals surface area contributed by atoms with Crippen molar-refractivity contribution in [2.75, 3.05) is 58.5 Å². The Balaban J connectivity index is 1.70. The third-order valence-electron chi connectivity index (χ3n) is 4.46. The van der Waals surface area contributed by atoms with Crippen LogP contribution in [0.2, 0.25) is 0 Å². The zero-order chi connectivity index (χ0) is 24.5. The van der Waals surface area contributed by atoms with E-state index in [-0.39, 0.29) is 18.0 Å². The molecular weight excluding hydrogens is 446 g/mol. The number of sulfonamides is 1. The van der Waals surface area contributed by atoms with E-state index in [0.717, 1.165) is 11.1 Å². The van der Waals surface area contributed by atoms with Gasteiger partial charge in [0, 0.05) is 43.6 Å². The fraction of sp³-hybridized carbons (Fsp3) is 0.522. The standard InChI is InChI=1S/C23H35N3O6S/c1-23(2,3)32-22(27)24-12-14-30-16-17-31-15-13-25-33(28,29)21-11-7-8-18-19(21)9-6-10-20(18)26(4)5/h6-11,25H,12-17H2,1-5H3,(H,24,27). The Morgan fingerprint density at radius 2 is 1.52 bits per heavy atom. The lowest BCUT2D eigenvalue weighted by Gasteiger charge is -2.19. The van der Waals surface area contributed by atoms with Gasteiger partial charge in [0.05, 0.1) is 31.3 Å². The van der Waals surface area contributed by atoms with E-state index in [1.165, 1.54) is 0 Å². The zero-order valence-electron chi connectivity index (χ0n) is 20.0. The molecule has 33 heavy (non-hydrogen) atoms. The molecule has 9 nitrogen and oxygen atoms in total. The van der Waals surface area contributed by atoms with Gasteiger partial charge in [-0.2, -0.15) is 0 Å². The van der Waals surface area contributed by atoms with Crippen LogP contribution < -0.4 is 14.9 Å². The molecule has 2 aromatic rings. The van der Waals surface area contributed by atoms with Crippen LogP contribution in [0.25, 0.3) is 10.8 Å². The maximum absolute atomic E-state index is 12.8. The summed E-state index contributed by atoms with van der Waals surface area (Å²) in [6.45, 7) is 7.05. The van der Waals surface area contributed by atoms with Gasteiger partial charge < -0.3 is 24.4 Å². The van der Waals surface area contributed by atoms with Crippen LogP contribution in [0.5, 0.6) is 0 Å². The molecule has 0 saturated carbocycles. The highest BCUT2D eigenvalue weighted by Crippen LogP contribution is 2.29. The molecule has 0 saturated heterocycles. The lowest BCUT2D eigenvalue weighted by atomic mass is 10.1. The predicted octanol–water partition coefficient (Wildman–Crippen LogP) is 2.74. The largest absolute Gasteiger partial charge is 0.444 e. The number of amides is 1. The van der Waals surface area contributed by atoms with Gasteiger partial charge in [-0.3, -0.25) is 0 Å². The minimum Gasteiger partial charge on any atom is -0.444 e. The number of carbonyl (C=O) groups is 1. The van der Waals surface area contributed by atoms with Crippen LogP contribution in [0.4, 0.5) is 10.5 Å². The van der Waals surface area contributed by atoms with Gasteiger partial charge in [0.2, 0.25) is 10.0 Å². The topological polar surface area (TPSA) is 106 Å². The van der Waals surface area contributed by atoms with Crippen LogP contribution in [-0.2, 0) is 24.2 Å². The van der Waals surface area contributed by atoms with Gasteiger partial charge in [-0.15, -0.1) is 0 Å². The van der Waals surface area contributed by atoms with Crippen molar-refractivity contribution < 1.29 is 27.4 Å². The summed E-state index contributed by atoms with van der Waals surface area (Å²) in [5.41, 5.74) is 0.414. The first-order valence-electron chi connectivity index (χ1n) is 10.8. The Morgan fingerprint density at radius 3 is 2.15 bits per heavy atom. The molecule has 0 aliphatic heterocycles. The summed E-state index contributed by atoms with van der Waals surface area (Å²) in [5, 5.41) is 4.15. The monoisotopic (exact) mass is 481 g/mol. The third kappa shape index (κ3) is 8.81. The first-order chi connectivity index (χ1) is 15.5.